The topological polar surface area (TPSA) is 96.9 Å². The summed E-state index contributed by atoms with van der Waals surface area (Å²) in [6.07, 6.45) is 1.04. The molecule has 0 aromatic heterocycles. The number of carbonyl (C=O) groups excluding carboxylic acids is 2. The van der Waals surface area contributed by atoms with E-state index in [-0.39, 0.29) is 17.9 Å². The molecule has 7 nitrogen and oxygen atoms in total. The number of halogens is 4. The van der Waals surface area contributed by atoms with Gasteiger partial charge in [-0.1, -0.05) is 0 Å². The van der Waals surface area contributed by atoms with Gasteiger partial charge in [-0.25, -0.2) is 17.6 Å². The van der Waals surface area contributed by atoms with Crippen LogP contribution in [-0.2, 0) is 9.59 Å². The van der Waals surface area contributed by atoms with Crippen LogP contribution in [0.25, 0.3) is 0 Å². The number of amides is 2. The second-order valence-corrected chi connectivity index (χ2v) is 8.98. The number of hydrogen-bond acceptors (Lipinski definition) is 5. The zero-order valence-corrected chi connectivity index (χ0v) is 18.6. The van der Waals surface area contributed by atoms with E-state index in [1.54, 1.807) is 0 Å². The van der Waals surface area contributed by atoms with Crippen molar-refractivity contribution in [2.45, 2.75) is 49.3 Å². The molecule has 3 aliphatic carbocycles. The van der Waals surface area contributed by atoms with Crippen molar-refractivity contribution in [3.05, 3.63) is 59.7 Å². The van der Waals surface area contributed by atoms with Crippen molar-refractivity contribution in [1.82, 2.24) is 10.6 Å². The number of nitrogens with one attached hydrogen (secondary N) is 2. The fourth-order valence-electron chi connectivity index (χ4n) is 4.74. The molecule has 0 unspecified atom stereocenters. The smallest absolute Gasteiger partial charge is 0.258 e. The Bertz CT molecular complexity index is 1120. The maximum Gasteiger partial charge on any atom is 0.258 e. The number of hydrogen-bond donors (Lipinski definition) is 3. The molecule has 2 bridgehead atoms. The first kappa shape index (κ1) is 24.8. The lowest BCUT2D eigenvalue weighted by atomic mass is 9.60. The Morgan fingerprint density at radius 2 is 1.29 bits per heavy atom. The zero-order valence-electron chi connectivity index (χ0n) is 18.6. The van der Waals surface area contributed by atoms with Crippen LogP contribution in [0.5, 0.6) is 11.5 Å². The normalized spacial score (nSPS) is 25.1. The predicted molar refractivity (Wildman–Crippen MR) is 115 cm³/mol. The van der Waals surface area contributed by atoms with Gasteiger partial charge in [0.1, 0.15) is 11.5 Å². The van der Waals surface area contributed by atoms with Gasteiger partial charge >= 0.3 is 0 Å². The molecule has 2 aromatic rings. The predicted octanol–water partition coefficient (Wildman–Crippen LogP) is 2.75. The molecular formula is C24H24F4N2O5. The summed E-state index contributed by atoms with van der Waals surface area (Å²) < 4.78 is 63.0. The Labute approximate surface area is 198 Å². The molecule has 3 fully saturated rings. The van der Waals surface area contributed by atoms with Crippen LogP contribution in [0.4, 0.5) is 17.6 Å². The summed E-state index contributed by atoms with van der Waals surface area (Å²) in [7, 11) is 0. The first-order valence-electron chi connectivity index (χ1n) is 11.1. The average Bonchev–Trinajstić information content (AvgIpc) is 2.82. The fraction of sp³-hybridized carbons (Fsp3) is 0.417. The van der Waals surface area contributed by atoms with Gasteiger partial charge in [-0.2, -0.15) is 0 Å². The van der Waals surface area contributed by atoms with E-state index in [0.717, 1.165) is 24.3 Å². The molecule has 35 heavy (non-hydrogen) atoms. The standard InChI is InChI=1S/C24H24F4N2O5/c25-16-3-1-14(9-18(16)27)34-12-21(32)29-23-5-7-24(8-6-23,20(31)11-23)30-22(33)13-35-15-2-4-17(26)19(28)10-15/h1-4,9-10,20,31H,5-8,11-13H2,(H,29,32)(H,30,33)/t20-,23?,24?/m0/s1. The molecule has 11 heteroatoms. The molecule has 2 amide bonds. The maximum absolute atomic E-state index is 13.3. The molecule has 2 aromatic carbocycles. The Morgan fingerprint density at radius 1 is 0.800 bits per heavy atom. The summed E-state index contributed by atoms with van der Waals surface area (Å²) in [6.45, 7) is -0.852. The van der Waals surface area contributed by atoms with E-state index >= 15 is 0 Å². The van der Waals surface area contributed by atoms with Crippen LogP contribution < -0.4 is 20.1 Å². The third-order valence-electron chi connectivity index (χ3n) is 6.64. The van der Waals surface area contributed by atoms with Crippen LogP contribution in [-0.4, -0.2) is 47.3 Å². The van der Waals surface area contributed by atoms with Crippen LogP contribution >= 0.6 is 0 Å². The third kappa shape index (κ3) is 5.50. The monoisotopic (exact) mass is 496 g/mol. The summed E-state index contributed by atoms with van der Waals surface area (Å²) in [5, 5.41) is 16.5. The molecule has 0 aliphatic heterocycles. The number of aliphatic hydroxyl groups excluding tert-OH is 1. The van der Waals surface area contributed by atoms with E-state index in [4.69, 9.17) is 9.47 Å². The molecule has 0 radical (unpaired) electrons. The number of ether oxygens (including phenoxy) is 2. The van der Waals surface area contributed by atoms with Gasteiger partial charge in [-0.15, -0.1) is 0 Å². The lowest BCUT2D eigenvalue weighted by molar-refractivity contribution is -0.137. The Kier molecular flexibility index (Phi) is 6.88. The quantitative estimate of drug-likeness (QED) is 0.489. The van der Waals surface area contributed by atoms with Gasteiger partial charge in [-0.05, 0) is 56.4 Å². The highest BCUT2D eigenvalue weighted by Gasteiger charge is 2.55. The summed E-state index contributed by atoms with van der Waals surface area (Å²) in [4.78, 5) is 24.9. The van der Waals surface area contributed by atoms with Gasteiger partial charge in [0.15, 0.2) is 36.5 Å². The van der Waals surface area contributed by atoms with Crippen molar-refractivity contribution in [2.24, 2.45) is 0 Å². The second-order valence-electron chi connectivity index (χ2n) is 8.98. The van der Waals surface area contributed by atoms with Crippen LogP contribution in [0.15, 0.2) is 36.4 Å². The van der Waals surface area contributed by atoms with E-state index in [1.165, 1.54) is 12.1 Å². The molecule has 3 saturated carbocycles. The summed E-state index contributed by atoms with van der Waals surface area (Å²) in [6, 6.07) is 5.89. The summed E-state index contributed by atoms with van der Waals surface area (Å²) >= 11 is 0. The van der Waals surface area contributed by atoms with E-state index in [0.29, 0.717) is 25.7 Å². The molecule has 0 saturated heterocycles. The van der Waals surface area contributed by atoms with E-state index in [1.807, 2.05) is 0 Å². The van der Waals surface area contributed by atoms with Crippen molar-refractivity contribution in [1.29, 1.82) is 0 Å². The lowest BCUT2D eigenvalue weighted by Crippen LogP contribution is -2.70. The highest BCUT2D eigenvalue weighted by Crippen LogP contribution is 2.47. The van der Waals surface area contributed by atoms with Crippen LogP contribution in [0, 0.1) is 23.3 Å². The summed E-state index contributed by atoms with van der Waals surface area (Å²) in [5.74, 6) is -5.21. The third-order valence-corrected chi connectivity index (χ3v) is 6.64. The Hall–Kier alpha value is -3.34. The van der Waals surface area contributed by atoms with Crippen molar-refractivity contribution in [3.63, 3.8) is 0 Å². The first-order valence-corrected chi connectivity index (χ1v) is 11.1. The number of fused-ring (bicyclic) bond motifs is 3. The fourth-order valence-corrected chi connectivity index (χ4v) is 4.74. The van der Waals surface area contributed by atoms with Gasteiger partial charge in [-0.3, -0.25) is 9.59 Å². The van der Waals surface area contributed by atoms with E-state index in [9.17, 15) is 32.3 Å². The SMILES string of the molecule is O=C(COc1ccc(F)c(F)c1)NC12CCC(NC(=O)COc3ccc(F)c(F)c3)(CC1)[C@@H](O)C2. The van der Waals surface area contributed by atoms with Crippen molar-refractivity contribution in [2.75, 3.05) is 13.2 Å². The van der Waals surface area contributed by atoms with Crippen LogP contribution in [0.1, 0.15) is 32.1 Å². The minimum absolute atomic E-state index is 0.00305. The van der Waals surface area contributed by atoms with Crippen molar-refractivity contribution >= 4 is 11.8 Å². The molecule has 0 spiro atoms. The first-order chi connectivity index (χ1) is 16.6. The van der Waals surface area contributed by atoms with Crippen molar-refractivity contribution in [3.8, 4) is 11.5 Å². The lowest BCUT2D eigenvalue weighted by Gasteiger charge is -2.56. The molecule has 188 valence electrons. The number of aliphatic hydroxyl groups is 1. The minimum Gasteiger partial charge on any atom is -0.484 e. The van der Waals surface area contributed by atoms with Crippen molar-refractivity contribution < 1.29 is 41.7 Å². The number of benzene rings is 2. The molecule has 5 rings (SSSR count). The Balaban J connectivity index is 1.28. The van der Waals surface area contributed by atoms with Gasteiger partial charge in [0.25, 0.3) is 11.8 Å². The maximum atomic E-state index is 13.3. The van der Waals surface area contributed by atoms with Gasteiger partial charge in [0.05, 0.1) is 11.6 Å². The Morgan fingerprint density at radius 3 is 1.74 bits per heavy atom. The minimum atomic E-state index is -1.09. The van der Waals surface area contributed by atoms with E-state index < -0.39 is 65.5 Å². The zero-order chi connectivity index (χ0) is 25.2. The molecule has 3 N–H and O–H groups in total. The summed E-state index contributed by atoms with van der Waals surface area (Å²) in [5.41, 5.74) is -1.56. The van der Waals surface area contributed by atoms with Gasteiger partial charge in [0.2, 0.25) is 0 Å². The second kappa shape index (κ2) is 9.73. The largest absolute Gasteiger partial charge is 0.484 e. The molecule has 3 aliphatic rings. The van der Waals surface area contributed by atoms with Gasteiger partial charge < -0.3 is 25.2 Å². The highest BCUT2D eigenvalue weighted by atomic mass is 19.2. The molecule has 1 atom stereocenters. The highest BCUT2D eigenvalue weighted by molar-refractivity contribution is 5.79. The number of rotatable bonds is 8. The molecule has 0 heterocycles. The van der Waals surface area contributed by atoms with E-state index in [2.05, 4.69) is 10.6 Å². The molecular weight excluding hydrogens is 472 g/mol. The van der Waals surface area contributed by atoms with Gasteiger partial charge in [0, 0.05) is 17.7 Å². The van der Waals surface area contributed by atoms with Crippen LogP contribution in [0.2, 0.25) is 0 Å². The number of carbonyl (C=O) groups is 2. The average molecular weight is 496 g/mol. The van der Waals surface area contributed by atoms with Crippen LogP contribution in [0.3, 0.4) is 0 Å².